The molecule has 4 atom stereocenters. The predicted octanol–water partition coefficient (Wildman–Crippen LogP) is 1.69. The normalized spacial score (nSPS) is 28.1. The van der Waals surface area contributed by atoms with E-state index in [1.165, 1.54) is 30.7 Å². The number of rotatable bonds is 4. The molecule has 27 heavy (non-hydrogen) atoms. The molecule has 0 spiro atoms. The van der Waals surface area contributed by atoms with Crippen molar-refractivity contribution in [1.29, 1.82) is 0 Å². The van der Waals surface area contributed by atoms with E-state index in [2.05, 4.69) is 15.3 Å². The zero-order valence-electron chi connectivity index (χ0n) is 14.7. The van der Waals surface area contributed by atoms with Gasteiger partial charge in [0, 0.05) is 25.2 Å². The fourth-order valence-corrected chi connectivity index (χ4v) is 4.35. The van der Waals surface area contributed by atoms with Crippen LogP contribution in [0.15, 0.2) is 30.7 Å². The maximum atomic E-state index is 13.9. The number of hydrogen-bond donors (Lipinski definition) is 3. The Labute approximate surface area is 155 Å². The third-order valence-corrected chi connectivity index (χ3v) is 5.72. The van der Waals surface area contributed by atoms with Crippen LogP contribution in [-0.2, 0) is 6.54 Å². The van der Waals surface area contributed by atoms with Gasteiger partial charge in [-0.1, -0.05) is 6.07 Å². The van der Waals surface area contributed by atoms with Crippen LogP contribution in [0.5, 0.6) is 0 Å². The number of carbonyl (C=O) groups excluding carboxylic acids is 1. The molecule has 1 amide bonds. The van der Waals surface area contributed by atoms with Gasteiger partial charge in [-0.25, -0.2) is 13.8 Å². The Hall–Kier alpha value is -2.32. The maximum absolute atomic E-state index is 13.9. The second kappa shape index (κ2) is 7.36. The summed E-state index contributed by atoms with van der Waals surface area (Å²) >= 11 is 0. The highest BCUT2D eigenvalue weighted by Crippen LogP contribution is 2.37. The van der Waals surface area contributed by atoms with Crippen molar-refractivity contribution in [3.63, 3.8) is 0 Å². The second-order valence-electron chi connectivity index (χ2n) is 7.50. The Balaban J connectivity index is 1.39. The lowest BCUT2D eigenvalue weighted by atomic mass is 9.77. The van der Waals surface area contributed by atoms with Gasteiger partial charge in [-0.2, -0.15) is 0 Å². The SMILES string of the molecule is O=C(N[C@H]1C[C@H]2CN(Cc3c(F)cccc3F)C[C@H]2C[C@@H]1O)c1cnc[nH]1. The first kappa shape index (κ1) is 18.1. The van der Waals surface area contributed by atoms with E-state index in [0.717, 1.165) is 0 Å². The summed E-state index contributed by atoms with van der Waals surface area (Å²) in [6, 6.07) is 3.56. The van der Waals surface area contributed by atoms with Crippen LogP contribution in [0.2, 0.25) is 0 Å². The fraction of sp³-hybridized carbons (Fsp3) is 0.474. The lowest BCUT2D eigenvalue weighted by molar-refractivity contribution is 0.0460. The van der Waals surface area contributed by atoms with Gasteiger partial charge in [0.1, 0.15) is 17.3 Å². The van der Waals surface area contributed by atoms with Crippen molar-refractivity contribution < 1.29 is 18.7 Å². The van der Waals surface area contributed by atoms with Crippen molar-refractivity contribution in [3.8, 4) is 0 Å². The number of H-pyrrole nitrogens is 1. The van der Waals surface area contributed by atoms with Crippen molar-refractivity contribution in [2.45, 2.75) is 31.5 Å². The zero-order valence-corrected chi connectivity index (χ0v) is 14.7. The number of carbonyl (C=O) groups is 1. The first-order chi connectivity index (χ1) is 13.0. The molecule has 1 aliphatic heterocycles. The number of amides is 1. The van der Waals surface area contributed by atoms with Gasteiger partial charge >= 0.3 is 0 Å². The summed E-state index contributed by atoms with van der Waals surface area (Å²) in [7, 11) is 0. The average molecular weight is 376 g/mol. The smallest absolute Gasteiger partial charge is 0.269 e. The number of nitrogens with one attached hydrogen (secondary N) is 2. The molecule has 1 saturated carbocycles. The van der Waals surface area contributed by atoms with E-state index in [-0.39, 0.29) is 35.9 Å². The minimum atomic E-state index is -0.636. The van der Waals surface area contributed by atoms with Crippen LogP contribution in [0.3, 0.4) is 0 Å². The molecule has 1 aliphatic carbocycles. The Morgan fingerprint density at radius 3 is 2.63 bits per heavy atom. The molecule has 0 unspecified atom stereocenters. The van der Waals surface area contributed by atoms with Gasteiger partial charge in [0.25, 0.3) is 5.91 Å². The number of aliphatic hydroxyl groups excluding tert-OH is 1. The van der Waals surface area contributed by atoms with E-state index in [9.17, 15) is 18.7 Å². The number of aromatic amines is 1. The number of likely N-dealkylation sites (tertiary alicyclic amines) is 1. The molecule has 6 nitrogen and oxygen atoms in total. The molecule has 1 aromatic heterocycles. The number of aliphatic hydroxyl groups is 1. The van der Waals surface area contributed by atoms with E-state index in [1.54, 1.807) is 0 Å². The summed E-state index contributed by atoms with van der Waals surface area (Å²) in [6.07, 6.45) is 3.44. The number of fused-ring (bicyclic) bond motifs is 1. The molecule has 2 heterocycles. The zero-order chi connectivity index (χ0) is 19.0. The highest BCUT2D eigenvalue weighted by atomic mass is 19.1. The molecule has 2 aromatic rings. The van der Waals surface area contributed by atoms with Gasteiger partial charge in [0.05, 0.1) is 24.7 Å². The molecule has 2 aliphatic rings. The number of halogens is 2. The highest BCUT2D eigenvalue weighted by molar-refractivity contribution is 5.92. The Morgan fingerprint density at radius 2 is 1.96 bits per heavy atom. The van der Waals surface area contributed by atoms with Gasteiger partial charge in [0.15, 0.2) is 0 Å². The minimum absolute atomic E-state index is 0.0841. The number of imidazole rings is 1. The highest BCUT2D eigenvalue weighted by Gasteiger charge is 2.42. The van der Waals surface area contributed by atoms with Gasteiger partial charge < -0.3 is 15.4 Å². The summed E-state index contributed by atoms with van der Waals surface area (Å²) in [6.45, 7) is 1.60. The second-order valence-corrected chi connectivity index (χ2v) is 7.50. The van der Waals surface area contributed by atoms with E-state index >= 15 is 0 Å². The fourth-order valence-electron chi connectivity index (χ4n) is 4.35. The number of aromatic nitrogens is 2. The van der Waals surface area contributed by atoms with Crippen molar-refractivity contribution in [2.24, 2.45) is 11.8 Å². The Morgan fingerprint density at radius 1 is 1.26 bits per heavy atom. The van der Waals surface area contributed by atoms with Crippen molar-refractivity contribution >= 4 is 5.91 Å². The van der Waals surface area contributed by atoms with Crippen molar-refractivity contribution in [3.05, 3.63) is 53.6 Å². The summed E-state index contributed by atoms with van der Waals surface area (Å²) in [5.41, 5.74) is 0.438. The topological polar surface area (TPSA) is 81.2 Å². The number of hydrogen-bond acceptors (Lipinski definition) is 4. The van der Waals surface area contributed by atoms with Crippen LogP contribution in [0.25, 0.3) is 0 Å². The molecule has 2 fully saturated rings. The lowest BCUT2D eigenvalue weighted by Crippen LogP contribution is -2.49. The third-order valence-electron chi connectivity index (χ3n) is 5.72. The van der Waals surface area contributed by atoms with Crippen molar-refractivity contribution in [2.75, 3.05) is 13.1 Å². The predicted molar refractivity (Wildman–Crippen MR) is 93.7 cm³/mol. The van der Waals surface area contributed by atoms with Crippen LogP contribution in [0, 0.1) is 23.5 Å². The summed E-state index contributed by atoms with van der Waals surface area (Å²) < 4.78 is 27.8. The van der Waals surface area contributed by atoms with Crippen LogP contribution in [0.1, 0.15) is 28.9 Å². The standard InChI is InChI=1S/C19H22F2N4O2/c20-14-2-1-3-15(21)13(14)9-25-7-11-4-16(18(26)5-12(11)8-25)24-19(27)17-6-22-10-23-17/h1-3,6,10-12,16,18,26H,4-5,7-9H2,(H,22,23)(H,24,27)/t11-,12+,16-,18-/m0/s1. The molecule has 4 rings (SSSR count). The monoisotopic (exact) mass is 376 g/mol. The van der Waals surface area contributed by atoms with Gasteiger partial charge in [-0.15, -0.1) is 0 Å². The summed E-state index contributed by atoms with van der Waals surface area (Å²) in [4.78, 5) is 20.8. The molecule has 0 radical (unpaired) electrons. The molecule has 1 saturated heterocycles. The first-order valence-corrected chi connectivity index (χ1v) is 9.14. The Kier molecular flexibility index (Phi) is 4.92. The first-order valence-electron chi connectivity index (χ1n) is 9.14. The largest absolute Gasteiger partial charge is 0.391 e. The van der Waals surface area contributed by atoms with Gasteiger partial charge in [-0.3, -0.25) is 9.69 Å². The number of benzene rings is 1. The van der Waals surface area contributed by atoms with Crippen LogP contribution < -0.4 is 5.32 Å². The molecule has 0 bridgehead atoms. The lowest BCUT2D eigenvalue weighted by Gasteiger charge is -2.35. The van der Waals surface area contributed by atoms with E-state index in [1.807, 2.05) is 4.90 Å². The van der Waals surface area contributed by atoms with Gasteiger partial charge in [0.2, 0.25) is 0 Å². The van der Waals surface area contributed by atoms with Crippen LogP contribution in [-0.4, -0.2) is 51.1 Å². The Bertz CT molecular complexity index is 794. The molecule has 8 heteroatoms. The molecular formula is C19H22F2N4O2. The van der Waals surface area contributed by atoms with Crippen LogP contribution in [0.4, 0.5) is 8.78 Å². The van der Waals surface area contributed by atoms with E-state index in [0.29, 0.717) is 31.6 Å². The summed E-state index contributed by atoms with van der Waals surface area (Å²) in [5, 5.41) is 13.3. The minimum Gasteiger partial charge on any atom is -0.391 e. The van der Waals surface area contributed by atoms with E-state index in [4.69, 9.17) is 0 Å². The van der Waals surface area contributed by atoms with E-state index < -0.39 is 17.7 Å². The molecule has 144 valence electrons. The average Bonchev–Trinajstić information content (AvgIpc) is 3.28. The third kappa shape index (κ3) is 3.72. The molecule has 1 aromatic carbocycles. The molecule has 3 N–H and O–H groups in total. The van der Waals surface area contributed by atoms with Gasteiger partial charge in [-0.05, 0) is 36.8 Å². The van der Waals surface area contributed by atoms with Crippen LogP contribution >= 0.6 is 0 Å². The molecular weight excluding hydrogens is 354 g/mol. The summed E-state index contributed by atoms with van der Waals surface area (Å²) in [5.74, 6) is -0.826. The van der Waals surface area contributed by atoms with Crippen molar-refractivity contribution in [1.82, 2.24) is 20.2 Å². The maximum Gasteiger partial charge on any atom is 0.269 e. The quantitative estimate of drug-likeness (QED) is 0.759. The number of nitrogens with zero attached hydrogens (tertiary/aromatic N) is 2.